The Morgan fingerprint density at radius 1 is 0.927 bits per heavy atom. The number of piperidine rings is 1. The molecule has 1 aliphatic rings. The van der Waals surface area contributed by atoms with E-state index in [0.717, 1.165) is 22.4 Å². The molecule has 6 rings (SSSR count). The molecule has 206 valence electrons. The van der Waals surface area contributed by atoms with Crippen LogP contribution in [0.3, 0.4) is 0 Å². The molecule has 0 bridgehead atoms. The maximum atomic E-state index is 13.0. The molecular weight excluding hydrogens is 516 g/mol. The number of anilines is 1. The Morgan fingerprint density at radius 3 is 2.24 bits per heavy atom. The van der Waals surface area contributed by atoms with Gasteiger partial charge in [0.25, 0.3) is 5.91 Å². The molecule has 0 radical (unpaired) electrons. The number of pyridine rings is 1. The van der Waals surface area contributed by atoms with E-state index in [2.05, 4.69) is 10.1 Å². The second kappa shape index (κ2) is 10.9. The summed E-state index contributed by atoms with van der Waals surface area (Å²) in [5.74, 6) is -0.346. The fourth-order valence-electron chi connectivity index (χ4n) is 5.55. The number of carbonyl (C=O) groups excluding carboxylic acids is 2. The zero-order valence-corrected chi connectivity index (χ0v) is 22.6. The van der Waals surface area contributed by atoms with Crippen LogP contribution >= 0.6 is 0 Å². The van der Waals surface area contributed by atoms with Gasteiger partial charge in [0, 0.05) is 41.9 Å². The van der Waals surface area contributed by atoms with E-state index in [9.17, 15) is 14.7 Å². The molecule has 1 aliphatic heterocycles. The van der Waals surface area contributed by atoms with Crippen molar-refractivity contribution in [2.24, 2.45) is 0 Å². The first-order valence-electron chi connectivity index (χ1n) is 13.6. The first-order chi connectivity index (χ1) is 19.9. The number of Topliss-reactive ketones (excluding diaryl/α,β-unsaturated/α-hetero) is 1. The number of nitrogen functional groups attached to an aromatic ring is 1. The van der Waals surface area contributed by atoms with Crippen molar-refractivity contribution in [1.29, 1.82) is 0 Å². The van der Waals surface area contributed by atoms with E-state index in [4.69, 9.17) is 10.7 Å². The van der Waals surface area contributed by atoms with E-state index in [1.165, 1.54) is 11.4 Å². The molecule has 0 spiro atoms. The van der Waals surface area contributed by atoms with E-state index in [1.54, 1.807) is 41.6 Å². The lowest BCUT2D eigenvalue weighted by molar-refractivity contribution is -0.141. The summed E-state index contributed by atoms with van der Waals surface area (Å²) in [7, 11) is 0. The number of aromatic nitrogens is 4. The van der Waals surface area contributed by atoms with E-state index in [-0.39, 0.29) is 23.4 Å². The number of aliphatic hydroxyl groups is 1. The summed E-state index contributed by atoms with van der Waals surface area (Å²) in [6.07, 6.45) is 3.46. The Morgan fingerprint density at radius 2 is 1.61 bits per heavy atom. The molecule has 9 nitrogen and oxygen atoms in total. The van der Waals surface area contributed by atoms with Gasteiger partial charge in [0.1, 0.15) is 5.82 Å². The van der Waals surface area contributed by atoms with Crippen LogP contribution in [0.15, 0.2) is 85.2 Å². The fourth-order valence-corrected chi connectivity index (χ4v) is 5.55. The summed E-state index contributed by atoms with van der Waals surface area (Å²) in [6.45, 7) is 2.36. The van der Waals surface area contributed by atoms with Gasteiger partial charge in [0.15, 0.2) is 17.5 Å². The second-order valence-electron chi connectivity index (χ2n) is 10.3. The van der Waals surface area contributed by atoms with E-state index < -0.39 is 6.10 Å². The number of rotatable bonds is 6. The summed E-state index contributed by atoms with van der Waals surface area (Å²) in [6, 6.07) is 22.8. The van der Waals surface area contributed by atoms with Gasteiger partial charge in [-0.1, -0.05) is 66.7 Å². The Hall–Kier alpha value is -4.89. The molecule has 3 aromatic heterocycles. The van der Waals surface area contributed by atoms with Crippen molar-refractivity contribution in [2.75, 3.05) is 18.8 Å². The number of benzene rings is 2. The third-order valence-corrected chi connectivity index (χ3v) is 7.75. The minimum absolute atomic E-state index is 0.0829. The molecule has 1 saturated heterocycles. The van der Waals surface area contributed by atoms with Gasteiger partial charge in [0.05, 0.1) is 23.1 Å². The van der Waals surface area contributed by atoms with Crippen LogP contribution in [0.25, 0.3) is 28.0 Å². The molecule has 1 amide bonds. The molecule has 2 aromatic carbocycles. The van der Waals surface area contributed by atoms with E-state index >= 15 is 0 Å². The highest BCUT2D eigenvalue weighted by Crippen LogP contribution is 2.35. The van der Waals surface area contributed by atoms with Crippen molar-refractivity contribution in [2.45, 2.75) is 31.8 Å². The van der Waals surface area contributed by atoms with Crippen LogP contribution in [-0.2, 0) is 4.79 Å². The quantitative estimate of drug-likeness (QED) is 0.296. The van der Waals surface area contributed by atoms with Gasteiger partial charge in [0.2, 0.25) is 0 Å². The molecule has 0 saturated carbocycles. The number of nitrogens with zero attached hydrogens (tertiary/aromatic N) is 5. The molecule has 1 fully saturated rings. The minimum Gasteiger partial charge on any atom is -0.383 e. The first-order valence-corrected chi connectivity index (χ1v) is 13.6. The number of hydrogen-bond acceptors (Lipinski definition) is 7. The summed E-state index contributed by atoms with van der Waals surface area (Å²) in [5.41, 5.74) is 12.1. The lowest BCUT2D eigenvalue weighted by Gasteiger charge is -2.33. The van der Waals surface area contributed by atoms with Crippen LogP contribution in [0, 0.1) is 0 Å². The average molecular weight is 547 g/mol. The maximum Gasteiger partial charge on any atom is 0.256 e. The number of ketones is 1. The summed E-state index contributed by atoms with van der Waals surface area (Å²) in [4.78, 5) is 37.1. The van der Waals surface area contributed by atoms with Crippen molar-refractivity contribution in [3.05, 3.63) is 102 Å². The van der Waals surface area contributed by atoms with Gasteiger partial charge in [-0.05, 0) is 31.4 Å². The number of likely N-dealkylation sites (tertiary alicyclic amines) is 1. The van der Waals surface area contributed by atoms with Crippen molar-refractivity contribution < 1.29 is 14.7 Å². The smallest absolute Gasteiger partial charge is 0.256 e. The third kappa shape index (κ3) is 4.96. The van der Waals surface area contributed by atoms with Gasteiger partial charge >= 0.3 is 0 Å². The fraction of sp³-hybridized carbons (Fsp3) is 0.219. The van der Waals surface area contributed by atoms with Crippen LogP contribution in [0.2, 0.25) is 0 Å². The number of fused-ring (bicyclic) bond motifs is 1. The highest BCUT2D eigenvalue weighted by Gasteiger charge is 2.32. The number of nitrogens with two attached hydrogens (primary N) is 1. The maximum absolute atomic E-state index is 13.0. The molecule has 5 aromatic rings. The van der Waals surface area contributed by atoms with Gasteiger partial charge in [-0.15, -0.1) is 0 Å². The monoisotopic (exact) mass is 546 g/mol. The minimum atomic E-state index is -1.21. The van der Waals surface area contributed by atoms with Crippen molar-refractivity contribution in [3.63, 3.8) is 0 Å². The Balaban J connectivity index is 1.29. The van der Waals surface area contributed by atoms with Gasteiger partial charge in [-0.2, -0.15) is 9.61 Å². The van der Waals surface area contributed by atoms with Crippen LogP contribution in [0.1, 0.15) is 53.4 Å². The van der Waals surface area contributed by atoms with Crippen molar-refractivity contribution in [1.82, 2.24) is 24.5 Å². The predicted octanol–water partition coefficient (Wildman–Crippen LogP) is 4.68. The SMILES string of the molecule is CC(=O)c1c(C2CCN(C(=O)[C@H](O)c3ccccc3)CC2)nc2c(-c3ccc(-c4ccccc4)nc3)cnn2c1N. The number of carbonyl (C=O) groups is 2. The highest BCUT2D eigenvalue weighted by molar-refractivity contribution is 6.00. The molecular formula is C32H30N6O3. The zero-order valence-electron chi connectivity index (χ0n) is 22.6. The van der Waals surface area contributed by atoms with E-state index in [1.807, 2.05) is 48.5 Å². The van der Waals surface area contributed by atoms with Gasteiger partial charge in [-0.25, -0.2) is 4.98 Å². The summed E-state index contributed by atoms with van der Waals surface area (Å²) in [5, 5.41) is 15.1. The molecule has 9 heteroatoms. The third-order valence-electron chi connectivity index (χ3n) is 7.75. The molecule has 3 N–H and O–H groups in total. The first kappa shape index (κ1) is 26.3. The molecule has 41 heavy (non-hydrogen) atoms. The van der Waals surface area contributed by atoms with Gasteiger partial charge in [-0.3, -0.25) is 14.6 Å². The van der Waals surface area contributed by atoms with Crippen molar-refractivity contribution in [3.8, 4) is 22.4 Å². The lowest BCUT2D eigenvalue weighted by atomic mass is 9.89. The number of amides is 1. The largest absolute Gasteiger partial charge is 0.383 e. The molecule has 0 unspecified atom stereocenters. The summed E-state index contributed by atoms with van der Waals surface area (Å²) >= 11 is 0. The average Bonchev–Trinajstić information content (AvgIpc) is 3.45. The number of aliphatic hydroxyl groups excluding tert-OH is 1. The molecule has 4 heterocycles. The van der Waals surface area contributed by atoms with Crippen LogP contribution in [0.4, 0.5) is 5.82 Å². The van der Waals surface area contributed by atoms with Crippen LogP contribution in [0.5, 0.6) is 0 Å². The molecule has 0 aliphatic carbocycles. The van der Waals surface area contributed by atoms with Gasteiger partial charge < -0.3 is 15.7 Å². The number of hydrogen-bond donors (Lipinski definition) is 2. The Labute approximate surface area is 237 Å². The lowest BCUT2D eigenvalue weighted by Crippen LogP contribution is -2.41. The van der Waals surface area contributed by atoms with Crippen LogP contribution in [-0.4, -0.2) is 54.4 Å². The zero-order chi connectivity index (χ0) is 28.5. The Bertz CT molecular complexity index is 1710. The second-order valence-corrected chi connectivity index (χ2v) is 10.3. The standard InChI is InChI=1S/C32H30N6O3/c1-20(39)27-28(22-14-16-37(17-15-22)32(41)29(40)23-10-6-3-7-11-23)36-31-25(19-35-38(31)30(27)33)24-12-13-26(34-18-24)21-8-4-2-5-9-21/h2-13,18-19,22,29,40H,14-17,33H2,1H3/t29-/m1/s1. The predicted molar refractivity (Wildman–Crippen MR) is 156 cm³/mol. The summed E-state index contributed by atoms with van der Waals surface area (Å²) < 4.78 is 1.51. The molecule has 1 atom stereocenters. The topological polar surface area (TPSA) is 127 Å². The normalized spacial score (nSPS) is 14.7. The highest BCUT2D eigenvalue weighted by atomic mass is 16.3. The van der Waals surface area contributed by atoms with Crippen LogP contribution < -0.4 is 5.73 Å². The van der Waals surface area contributed by atoms with E-state index in [0.29, 0.717) is 48.4 Å². The van der Waals surface area contributed by atoms with Crippen molar-refractivity contribution >= 4 is 23.2 Å². The Kier molecular flexibility index (Phi) is 7.03.